The summed E-state index contributed by atoms with van der Waals surface area (Å²) in [5.41, 5.74) is 12.6. The Hall–Kier alpha value is -3.55. The highest BCUT2D eigenvalue weighted by molar-refractivity contribution is 8.00. The molecule has 228 valence electrons. The smallest absolute Gasteiger partial charge is 0.411 e. The number of amides is 3. The van der Waals surface area contributed by atoms with Crippen molar-refractivity contribution in [3.8, 4) is 0 Å². The number of non-ortho nitro benzene ring substituents is 1. The van der Waals surface area contributed by atoms with Crippen molar-refractivity contribution in [3.63, 3.8) is 0 Å². The van der Waals surface area contributed by atoms with Gasteiger partial charge in [0, 0.05) is 23.6 Å². The number of thiazole rings is 1. The molecule has 0 unspecified atom stereocenters. The SMILES string of the molecule is Cc1c(C2=C(C(=O)OCc3ccc([N+](=O)[O-])cc3)N3C(=O)[C@H]([C@@H](C)O)[C@H]3[C@H]2C)sc2c(SCC(N)=O)n(C(N)=O)c[n+]12.[I-]. The molecule has 5 N–H and O–H groups in total. The average molecular weight is 743 g/mol. The number of aliphatic hydroxyl groups is 1. The molecular weight excluding hydrogens is 715 g/mol. The van der Waals surface area contributed by atoms with Gasteiger partial charge in [-0.2, -0.15) is 4.40 Å². The number of imidazole rings is 1. The van der Waals surface area contributed by atoms with Crippen LogP contribution in [0.2, 0.25) is 0 Å². The van der Waals surface area contributed by atoms with Gasteiger partial charge in [0.2, 0.25) is 21.7 Å². The summed E-state index contributed by atoms with van der Waals surface area (Å²) in [6, 6.07) is 4.33. The third-order valence-corrected chi connectivity index (χ3v) is 9.98. The Morgan fingerprint density at radius 3 is 2.47 bits per heavy atom. The molecule has 0 bridgehead atoms. The maximum Gasteiger partial charge on any atom is 0.411 e. The molecule has 1 fully saturated rings. The van der Waals surface area contributed by atoms with Crippen LogP contribution in [0.1, 0.15) is 30.0 Å². The van der Waals surface area contributed by atoms with Crippen molar-refractivity contribution in [2.24, 2.45) is 23.3 Å². The van der Waals surface area contributed by atoms with E-state index in [1.54, 1.807) is 11.3 Å². The summed E-state index contributed by atoms with van der Waals surface area (Å²) in [5.74, 6) is -2.91. The van der Waals surface area contributed by atoms with Gasteiger partial charge >= 0.3 is 12.0 Å². The molecule has 0 radical (unpaired) electrons. The average Bonchev–Trinajstić information content (AvgIpc) is 3.52. The van der Waals surface area contributed by atoms with E-state index in [1.807, 2.05) is 6.92 Å². The number of nitro groups is 1. The first-order valence-electron chi connectivity index (χ1n) is 12.8. The molecule has 43 heavy (non-hydrogen) atoms. The van der Waals surface area contributed by atoms with Crippen molar-refractivity contribution >= 4 is 63.0 Å². The highest BCUT2D eigenvalue weighted by Gasteiger charge is 2.60. The minimum absolute atomic E-state index is 0. The number of aliphatic hydroxyl groups excluding tert-OH is 1. The lowest BCUT2D eigenvalue weighted by Gasteiger charge is -2.46. The number of fused-ring (bicyclic) bond motifs is 2. The first kappa shape index (κ1) is 32.4. The molecule has 4 heterocycles. The summed E-state index contributed by atoms with van der Waals surface area (Å²) in [4.78, 5) is 63.4. The third-order valence-electron chi connectivity index (χ3n) is 7.46. The molecule has 3 amide bonds. The third kappa shape index (κ3) is 5.49. The maximum atomic E-state index is 13.6. The molecule has 17 heteroatoms. The lowest BCUT2D eigenvalue weighted by atomic mass is 9.77. The lowest BCUT2D eigenvalue weighted by Crippen LogP contribution is -3.00. The molecule has 2 aromatic heterocycles. The number of nitrogens with zero attached hydrogens (tertiary/aromatic N) is 4. The second kappa shape index (κ2) is 12.2. The van der Waals surface area contributed by atoms with Crippen LogP contribution in [0.5, 0.6) is 0 Å². The summed E-state index contributed by atoms with van der Waals surface area (Å²) in [6.07, 6.45) is 0.547. The molecule has 14 nitrogen and oxygen atoms in total. The second-order valence-electron chi connectivity index (χ2n) is 10.1. The number of carbonyl (C=O) groups is 4. The number of hydrogen-bond donors (Lipinski definition) is 3. The highest BCUT2D eigenvalue weighted by atomic mass is 127. The van der Waals surface area contributed by atoms with Crippen LogP contribution in [0.3, 0.4) is 0 Å². The molecule has 4 atom stereocenters. The normalized spacial score (nSPS) is 20.0. The maximum absolute atomic E-state index is 13.6. The molecule has 1 saturated heterocycles. The standard InChI is InChI=1S/C26H26N6O8S2.HI/c1-11-17(21-12(2)29-10-30(26(28)37)23(24(29)42-21)41-9-16(27)34)20(31-19(11)18(13(3)33)22(31)35)25(36)40-8-14-4-6-15(7-5-14)32(38)39;/h4-7,10-11,13,18-19,33H,8-9H2,1-3H3,(H3-,27,28,34,37);1H/t11-,13+,18+,19+;/m0./s1. The highest BCUT2D eigenvalue weighted by Crippen LogP contribution is 2.52. The molecule has 2 aliphatic heterocycles. The van der Waals surface area contributed by atoms with Gasteiger partial charge < -0.3 is 50.2 Å². The number of halogens is 1. The quantitative estimate of drug-likeness (QED) is 0.0435. The van der Waals surface area contributed by atoms with Crippen molar-refractivity contribution in [2.75, 3.05) is 5.75 Å². The summed E-state index contributed by atoms with van der Waals surface area (Å²) >= 11 is 2.30. The Morgan fingerprint density at radius 1 is 1.26 bits per heavy atom. The topological polar surface area (TPSA) is 205 Å². The number of rotatable bonds is 9. The number of aromatic nitrogens is 2. The number of primary amides is 2. The first-order valence-corrected chi connectivity index (χ1v) is 14.6. The monoisotopic (exact) mass is 742 g/mol. The van der Waals surface area contributed by atoms with Gasteiger partial charge in [-0.05, 0) is 31.5 Å². The number of ether oxygens (including phenoxy) is 1. The molecule has 2 aliphatic rings. The van der Waals surface area contributed by atoms with E-state index in [0.717, 1.165) is 11.8 Å². The van der Waals surface area contributed by atoms with Crippen LogP contribution < -0.4 is 39.8 Å². The number of thioether (sulfide) groups is 1. The van der Waals surface area contributed by atoms with Gasteiger partial charge in [-0.25, -0.2) is 9.59 Å². The van der Waals surface area contributed by atoms with Gasteiger partial charge in [-0.3, -0.25) is 19.7 Å². The zero-order chi connectivity index (χ0) is 30.6. The molecule has 1 aromatic carbocycles. The summed E-state index contributed by atoms with van der Waals surface area (Å²) in [5, 5.41) is 21.7. The van der Waals surface area contributed by atoms with Gasteiger partial charge in [-0.1, -0.05) is 30.0 Å². The summed E-state index contributed by atoms with van der Waals surface area (Å²) in [6.45, 7) is 5.00. The molecule has 3 aromatic rings. The minimum Gasteiger partial charge on any atom is -1.00 e. The van der Waals surface area contributed by atoms with E-state index in [0.29, 0.717) is 31.6 Å². The van der Waals surface area contributed by atoms with Gasteiger partial charge in [0.25, 0.3) is 12.0 Å². The zero-order valence-electron chi connectivity index (χ0n) is 23.1. The number of carbonyl (C=O) groups excluding carboxylic acids is 4. The van der Waals surface area contributed by atoms with E-state index in [4.69, 9.17) is 16.2 Å². The van der Waals surface area contributed by atoms with E-state index in [1.165, 1.54) is 58.3 Å². The number of aryl methyl sites for hydroxylation is 1. The molecule has 0 aliphatic carbocycles. The summed E-state index contributed by atoms with van der Waals surface area (Å²) < 4.78 is 8.53. The van der Waals surface area contributed by atoms with Crippen molar-refractivity contribution in [1.82, 2.24) is 9.47 Å². The van der Waals surface area contributed by atoms with Crippen LogP contribution in [0, 0.1) is 28.9 Å². The Morgan fingerprint density at radius 2 is 1.91 bits per heavy atom. The van der Waals surface area contributed by atoms with E-state index < -0.39 is 46.8 Å². The summed E-state index contributed by atoms with van der Waals surface area (Å²) in [7, 11) is 0. The van der Waals surface area contributed by atoms with Crippen molar-refractivity contribution in [1.29, 1.82) is 0 Å². The van der Waals surface area contributed by atoms with Gasteiger partial charge in [-0.15, -0.1) is 4.57 Å². The van der Waals surface area contributed by atoms with Crippen LogP contribution in [0.25, 0.3) is 10.4 Å². The van der Waals surface area contributed by atoms with Crippen LogP contribution in [-0.4, -0.2) is 61.2 Å². The number of hydrogen-bond acceptors (Lipinski definition) is 10. The van der Waals surface area contributed by atoms with Gasteiger partial charge in [0.1, 0.15) is 18.0 Å². The van der Waals surface area contributed by atoms with Gasteiger partial charge in [0.15, 0.2) is 0 Å². The second-order valence-corrected chi connectivity index (χ2v) is 12.1. The minimum atomic E-state index is -0.940. The van der Waals surface area contributed by atoms with Crippen molar-refractivity contribution in [2.45, 2.75) is 44.5 Å². The first-order chi connectivity index (χ1) is 19.8. The predicted octanol–water partition coefficient (Wildman–Crippen LogP) is -1.67. The van der Waals surface area contributed by atoms with E-state index in [9.17, 15) is 34.4 Å². The fraction of sp³-hybridized carbons (Fsp3) is 0.346. The van der Waals surface area contributed by atoms with Gasteiger partial charge in [0.05, 0.1) is 33.6 Å². The van der Waals surface area contributed by atoms with Crippen LogP contribution in [0.15, 0.2) is 41.3 Å². The number of nitro benzene ring substituents is 1. The number of nitrogens with two attached hydrogens (primary N) is 2. The number of β-lactam (4-membered cyclic amide) rings is 1. The number of esters is 1. The Kier molecular flexibility index (Phi) is 9.19. The molecular formula is C26H27IN6O8S2. The largest absolute Gasteiger partial charge is 1.00 e. The van der Waals surface area contributed by atoms with E-state index >= 15 is 0 Å². The number of benzene rings is 1. The Balaban J connectivity index is 0.00000423. The van der Waals surface area contributed by atoms with E-state index in [-0.39, 0.29) is 53.6 Å². The van der Waals surface area contributed by atoms with Crippen LogP contribution in [0.4, 0.5) is 10.5 Å². The molecule has 0 saturated carbocycles. The molecule has 5 rings (SSSR count). The fourth-order valence-corrected chi connectivity index (χ4v) is 7.88. The Bertz CT molecular complexity index is 1700. The zero-order valence-corrected chi connectivity index (χ0v) is 26.8. The lowest BCUT2D eigenvalue weighted by molar-refractivity contribution is -0.515. The van der Waals surface area contributed by atoms with Crippen molar-refractivity contribution < 1.29 is 62.3 Å². The predicted molar refractivity (Wildman–Crippen MR) is 150 cm³/mol. The molecule has 0 spiro atoms. The van der Waals surface area contributed by atoms with Crippen LogP contribution >= 0.6 is 23.1 Å². The van der Waals surface area contributed by atoms with Crippen molar-refractivity contribution in [3.05, 3.63) is 62.5 Å². The fourth-order valence-electron chi connectivity index (χ4n) is 5.50. The van der Waals surface area contributed by atoms with E-state index in [2.05, 4.69) is 0 Å². The Labute approximate surface area is 269 Å². The van der Waals surface area contributed by atoms with Crippen LogP contribution in [-0.2, 0) is 25.7 Å².